The number of nitrogens with one attached hydrogen (secondary N) is 1. The van der Waals surface area contributed by atoms with Gasteiger partial charge in [0.05, 0.1) is 5.69 Å². The Kier molecular flexibility index (Phi) is 3.56. The fraction of sp³-hybridized carbons (Fsp3) is 0. The van der Waals surface area contributed by atoms with Gasteiger partial charge in [-0.25, -0.2) is 0 Å². The largest absolute Gasteiger partial charge is 0.508 e. The van der Waals surface area contributed by atoms with Crippen LogP contribution in [0.1, 0.15) is 20.7 Å². The number of amides is 2. The van der Waals surface area contributed by atoms with Crippen molar-refractivity contribution in [3.05, 3.63) is 53.6 Å². The highest BCUT2D eigenvalue weighted by molar-refractivity contribution is 6.05. The Morgan fingerprint density at radius 2 is 1.55 bits per heavy atom. The molecule has 5 N–H and O–H groups in total. The SMILES string of the molecule is NC(=O)c1ccc(C(=O)Nc2ccc(O)cc2O)cc1. The number of nitrogens with two attached hydrogens (primary N) is 1. The number of phenols is 2. The predicted molar refractivity (Wildman–Crippen MR) is 72.7 cm³/mol. The summed E-state index contributed by atoms with van der Waals surface area (Å²) in [5.41, 5.74) is 5.88. The van der Waals surface area contributed by atoms with Gasteiger partial charge in [-0.3, -0.25) is 9.59 Å². The van der Waals surface area contributed by atoms with E-state index in [1.807, 2.05) is 0 Å². The number of hydrogen-bond donors (Lipinski definition) is 4. The van der Waals surface area contributed by atoms with E-state index in [9.17, 15) is 14.7 Å². The summed E-state index contributed by atoms with van der Waals surface area (Å²) in [6.07, 6.45) is 0. The normalized spacial score (nSPS) is 10.0. The number of benzene rings is 2. The molecule has 0 saturated heterocycles. The van der Waals surface area contributed by atoms with Crippen molar-refractivity contribution in [1.82, 2.24) is 0 Å². The molecular weight excluding hydrogens is 260 g/mol. The van der Waals surface area contributed by atoms with Crippen molar-refractivity contribution in [2.24, 2.45) is 5.73 Å². The van der Waals surface area contributed by atoms with Crippen LogP contribution < -0.4 is 11.1 Å². The zero-order valence-corrected chi connectivity index (χ0v) is 10.3. The molecule has 2 aromatic carbocycles. The first-order valence-corrected chi connectivity index (χ1v) is 5.70. The average Bonchev–Trinajstić information content (AvgIpc) is 2.42. The molecule has 0 spiro atoms. The number of aromatic hydroxyl groups is 2. The molecule has 0 radical (unpaired) electrons. The standard InChI is InChI=1S/C14H12N2O4/c15-13(19)8-1-3-9(4-2-8)14(20)16-11-6-5-10(17)7-12(11)18/h1-7,17-18H,(H2,15,19)(H,16,20). The van der Waals surface area contributed by atoms with E-state index in [2.05, 4.69) is 5.32 Å². The second-order valence-corrected chi connectivity index (χ2v) is 4.10. The van der Waals surface area contributed by atoms with E-state index in [4.69, 9.17) is 10.8 Å². The molecule has 2 aromatic rings. The van der Waals surface area contributed by atoms with Crippen LogP contribution in [0.5, 0.6) is 11.5 Å². The minimum Gasteiger partial charge on any atom is -0.508 e. The highest BCUT2D eigenvalue weighted by Crippen LogP contribution is 2.27. The number of phenolic OH excluding ortho intramolecular Hbond substituents is 2. The summed E-state index contributed by atoms with van der Waals surface area (Å²) in [5, 5.41) is 21.2. The maximum Gasteiger partial charge on any atom is 0.255 e. The number of hydrogen-bond acceptors (Lipinski definition) is 4. The maximum atomic E-state index is 11.9. The lowest BCUT2D eigenvalue weighted by molar-refractivity contribution is 0.0995. The Hall–Kier alpha value is -3.02. The van der Waals surface area contributed by atoms with Crippen molar-refractivity contribution in [1.29, 1.82) is 0 Å². The third kappa shape index (κ3) is 2.86. The molecule has 0 saturated carbocycles. The van der Waals surface area contributed by atoms with Crippen LogP contribution >= 0.6 is 0 Å². The van der Waals surface area contributed by atoms with Crippen LogP contribution in [-0.2, 0) is 0 Å². The Morgan fingerprint density at radius 3 is 2.10 bits per heavy atom. The summed E-state index contributed by atoms with van der Waals surface area (Å²) >= 11 is 0. The molecule has 20 heavy (non-hydrogen) atoms. The Morgan fingerprint density at radius 1 is 0.950 bits per heavy atom. The minimum atomic E-state index is -0.576. The first-order chi connectivity index (χ1) is 9.47. The van der Waals surface area contributed by atoms with Crippen molar-refractivity contribution in [2.75, 3.05) is 5.32 Å². The molecule has 0 aliphatic rings. The van der Waals surface area contributed by atoms with Crippen LogP contribution in [0, 0.1) is 0 Å². The minimum absolute atomic E-state index is 0.105. The summed E-state index contributed by atoms with van der Waals surface area (Å²) in [6.45, 7) is 0. The monoisotopic (exact) mass is 272 g/mol. The zero-order valence-electron chi connectivity index (χ0n) is 10.3. The van der Waals surface area contributed by atoms with Gasteiger partial charge in [0.2, 0.25) is 5.91 Å². The first kappa shape index (κ1) is 13.4. The number of anilines is 1. The van der Waals surface area contributed by atoms with Crippen molar-refractivity contribution >= 4 is 17.5 Å². The fourth-order valence-electron chi connectivity index (χ4n) is 1.61. The molecule has 2 rings (SSSR count). The topological polar surface area (TPSA) is 113 Å². The van der Waals surface area contributed by atoms with Gasteiger partial charge in [0, 0.05) is 17.2 Å². The molecule has 6 nitrogen and oxygen atoms in total. The molecule has 0 atom stereocenters. The molecule has 6 heteroatoms. The van der Waals surface area contributed by atoms with E-state index in [-0.39, 0.29) is 17.2 Å². The molecule has 0 heterocycles. The van der Waals surface area contributed by atoms with Crippen molar-refractivity contribution in [2.45, 2.75) is 0 Å². The molecular formula is C14H12N2O4. The molecule has 0 fully saturated rings. The van der Waals surface area contributed by atoms with Crippen LogP contribution in [0.15, 0.2) is 42.5 Å². The third-order valence-corrected chi connectivity index (χ3v) is 2.66. The van der Waals surface area contributed by atoms with Crippen molar-refractivity contribution in [3.63, 3.8) is 0 Å². The average molecular weight is 272 g/mol. The van der Waals surface area contributed by atoms with Gasteiger partial charge in [-0.1, -0.05) is 0 Å². The highest BCUT2D eigenvalue weighted by Gasteiger charge is 2.10. The third-order valence-electron chi connectivity index (χ3n) is 2.66. The van der Waals surface area contributed by atoms with Gasteiger partial charge in [0.1, 0.15) is 11.5 Å². The quantitative estimate of drug-likeness (QED) is 0.500. The molecule has 2 amide bonds. The second-order valence-electron chi connectivity index (χ2n) is 4.10. The maximum absolute atomic E-state index is 11.9. The molecule has 0 aromatic heterocycles. The van der Waals surface area contributed by atoms with Crippen molar-refractivity contribution < 1.29 is 19.8 Å². The summed E-state index contributed by atoms with van der Waals surface area (Å²) in [5.74, 6) is -1.38. The van der Waals surface area contributed by atoms with Crippen molar-refractivity contribution in [3.8, 4) is 11.5 Å². The van der Waals surface area contributed by atoms with Crippen LogP contribution in [0.4, 0.5) is 5.69 Å². The Balaban J connectivity index is 2.17. The van der Waals surface area contributed by atoms with Gasteiger partial charge in [-0.15, -0.1) is 0 Å². The Labute approximate surface area is 114 Å². The van der Waals surface area contributed by atoms with E-state index in [0.29, 0.717) is 11.1 Å². The molecule has 0 aliphatic heterocycles. The van der Waals surface area contributed by atoms with Gasteiger partial charge in [0.15, 0.2) is 0 Å². The molecule has 0 aliphatic carbocycles. The zero-order chi connectivity index (χ0) is 14.7. The summed E-state index contributed by atoms with van der Waals surface area (Å²) < 4.78 is 0. The lowest BCUT2D eigenvalue weighted by Crippen LogP contribution is -2.14. The molecule has 102 valence electrons. The number of carbonyl (C=O) groups is 2. The van der Waals surface area contributed by atoms with Crippen LogP contribution in [0.25, 0.3) is 0 Å². The van der Waals surface area contributed by atoms with Gasteiger partial charge in [0.25, 0.3) is 5.91 Å². The number of rotatable bonds is 3. The summed E-state index contributed by atoms with van der Waals surface area (Å²) in [7, 11) is 0. The first-order valence-electron chi connectivity index (χ1n) is 5.70. The smallest absolute Gasteiger partial charge is 0.255 e. The summed E-state index contributed by atoms with van der Waals surface area (Å²) in [4.78, 5) is 22.8. The van der Waals surface area contributed by atoms with E-state index >= 15 is 0 Å². The lowest BCUT2D eigenvalue weighted by Gasteiger charge is -2.07. The number of carbonyl (C=O) groups excluding carboxylic acids is 2. The highest BCUT2D eigenvalue weighted by atomic mass is 16.3. The predicted octanol–water partition coefficient (Wildman–Crippen LogP) is 1.45. The lowest BCUT2D eigenvalue weighted by atomic mass is 10.1. The summed E-state index contributed by atoms with van der Waals surface area (Å²) in [6, 6.07) is 9.61. The van der Waals surface area contributed by atoms with E-state index in [0.717, 1.165) is 6.07 Å². The van der Waals surface area contributed by atoms with E-state index < -0.39 is 11.8 Å². The second kappa shape index (κ2) is 5.31. The van der Waals surface area contributed by atoms with Gasteiger partial charge in [-0.05, 0) is 36.4 Å². The van der Waals surface area contributed by atoms with Gasteiger partial charge < -0.3 is 21.3 Å². The number of primary amides is 1. The Bertz CT molecular complexity index is 665. The molecule has 0 unspecified atom stereocenters. The van der Waals surface area contributed by atoms with Gasteiger partial charge in [-0.2, -0.15) is 0 Å². The molecule has 0 bridgehead atoms. The van der Waals surface area contributed by atoms with Gasteiger partial charge >= 0.3 is 0 Å². The van der Waals surface area contributed by atoms with Crippen LogP contribution in [-0.4, -0.2) is 22.0 Å². The van der Waals surface area contributed by atoms with Crippen LogP contribution in [0.2, 0.25) is 0 Å². The van der Waals surface area contributed by atoms with E-state index in [1.54, 1.807) is 0 Å². The van der Waals surface area contributed by atoms with E-state index in [1.165, 1.54) is 36.4 Å². The van der Waals surface area contributed by atoms with Crippen LogP contribution in [0.3, 0.4) is 0 Å². The fourth-order valence-corrected chi connectivity index (χ4v) is 1.61.